The standard InChI is InChI=1S/C15H23FN2O4S/c1-17-13-5-7-18(8-6-13)23(19,20)15-11-12(16)3-4-14(15)22-10-9-21-2/h3-4,11,13,17H,5-10H2,1-2H3. The van der Waals surface area contributed by atoms with E-state index in [2.05, 4.69) is 5.32 Å². The van der Waals surface area contributed by atoms with Crippen LogP contribution in [0, 0.1) is 5.82 Å². The molecule has 1 aliphatic heterocycles. The third-order valence-electron chi connectivity index (χ3n) is 3.93. The highest BCUT2D eigenvalue weighted by atomic mass is 32.2. The average Bonchev–Trinajstić information content (AvgIpc) is 2.56. The first-order valence-electron chi connectivity index (χ1n) is 7.57. The molecule has 2 rings (SSSR count). The van der Waals surface area contributed by atoms with Crippen LogP contribution >= 0.6 is 0 Å². The lowest BCUT2D eigenvalue weighted by atomic mass is 10.1. The summed E-state index contributed by atoms with van der Waals surface area (Å²) in [5, 5.41) is 3.15. The molecule has 0 aliphatic carbocycles. The van der Waals surface area contributed by atoms with Crippen molar-refractivity contribution in [3.05, 3.63) is 24.0 Å². The van der Waals surface area contributed by atoms with Gasteiger partial charge < -0.3 is 14.8 Å². The fraction of sp³-hybridized carbons (Fsp3) is 0.600. The van der Waals surface area contributed by atoms with Crippen LogP contribution in [0.15, 0.2) is 23.1 Å². The van der Waals surface area contributed by atoms with Crippen LogP contribution in [0.5, 0.6) is 5.75 Å². The van der Waals surface area contributed by atoms with Crippen LogP contribution in [0.2, 0.25) is 0 Å². The molecule has 6 nitrogen and oxygen atoms in total. The molecule has 1 heterocycles. The molecular weight excluding hydrogens is 323 g/mol. The fourth-order valence-corrected chi connectivity index (χ4v) is 4.17. The van der Waals surface area contributed by atoms with Crippen LogP contribution in [-0.4, -0.2) is 59.2 Å². The van der Waals surface area contributed by atoms with Crippen LogP contribution in [0.25, 0.3) is 0 Å². The van der Waals surface area contributed by atoms with Gasteiger partial charge in [0.25, 0.3) is 0 Å². The predicted octanol–water partition coefficient (Wildman–Crippen LogP) is 1.22. The summed E-state index contributed by atoms with van der Waals surface area (Å²) in [5.74, 6) is -0.452. The largest absolute Gasteiger partial charge is 0.490 e. The summed E-state index contributed by atoms with van der Waals surface area (Å²) >= 11 is 0. The minimum absolute atomic E-state index is 0.128. The van der Waals surface area contributed by atoms with Gasteiger partial charge in [-0.2, -0.15) is 4.31 Å². The molecule has 23 heavy (non-hydrogen) atoms. The van der Waals surface area contributed by atoms with Crippen molar-refractivity contribution < 1.29 is 22.3 Å². The lowest BCUT2D eigenvalue weighted by Crippen LogP contribution is -2.43. The lowest BCUT2D eigenvalue weighted by molar-refractivity contribution is 0.144. The Morgan fingerprint density at radius 3 is 2.61 bits per heavy atom. The molecule has 0 amide bonds. The van der Waals surface area contributed by atoms with Crippen molar-refractivity contribution in [1.82, 2.24) is 9.62 Å². The second-order valence-corrected chi connectivity index (χ2v) is 7.31. The number of hydrogen-bond donors (Lipinski definition) is 1. The Bertz CT molecular complexity index is 616. The molecule has 0 bridgehead atoms. The minimum Gasteiger partial charge on any atom is -0.490 e. The number of rotatable bonds is 7. The zero-order valence-electron chi connectivity index (χ0n) is 13.4. The number of piperidine rings is 1. The van der Waals surface area contributed by atoms with E-state index in [9.17, 15) is 12.8 Å². The molecule has 1 fully saturated rings. The van der Waals surface area contributed by atoms with Crippen molar-refractivity contribution in [1.29, 1.82) is 0 Å². The maximum atomic E-state index is 13.6. The van der Waals surface area contributed by atoms with E-state index in [0.717, 1.165) is 18.9 Å². The number of methoxy groups -OCH3 is 1. The number of hydrogen-bond acceptors (Lipinski definition) is 5. The zero-order chi connectivity index (χ0) is 16.9. The summed E-state index contributed by atoms with van der Waals surface area (Å²) in [4.78, 5) is -0.128. The highest BCUT2D eigenvalue weighted by molar-refractivity contribution is 7.89. The number of benzene rings is 1. The van der Waals surface area contributed by atoms with Gasteiger partial charge in [-0.15, -0.1) is 0 Å². The van der Waals surface area contributed by atoms with Crippen LogP contribution < -0.4 is 10.1 Å². The van der Waals surface area contributed by atoms with Crippen molar-refractivity contribution >= 4 is 10.0 Å². The third-order valence-corrected chi connectivity index (χ3v) is 5.85. The van der Waals surface area contributed by atoms with E-state index in [1.54, 1.807) is 0 Å². The van der Waals surface area contributed by atoms with E-state index in [4.69, 9.17) is 9.47 Å². The summed E-state index contributed by atoms with van der Waals surface area (Å²) in [5.41, 5.74) is 0. The maximum absolute atomic E-state index is 13.6. The Balaban J connectivity index is 2.22. The van der Waals surface area contributed by atoms with E-state index in [0.29, 0.717) is 25.7 Å². The van der Waals surface area contributed by atoms with Crippen molar-refractivity contribution in [2.24, 2.45) is 0 Å². The summed E-state index contributed by atoms with van der Waals surface area (Å²) in [6.45, 7) is 1.33. The molecule has 1 saturated heterocycles. The molecule has 8 heteroatoms. The molecular formula is C15H23FN2O4S. The summed E-state index contributed by atoms with van der Waals surface area (Å²) in [6, 6.07) is 3.86. The quantitative estimate of drug-likeness (QED) is 0.752. The maximum Gasteiger partial charge on any atom is 0.246 e. The molecule has 1 N–H and O–H groups in total. The van der Waals surface area contributed by atoms with Gasteiger partial charge in [0.1, 0.15) is 23.1 Å². The second-order valence-electron chi connectivity index (χ2n) is 5.40. The van der Waals surface area contributed by atoms with Crippen LogP contribution in [0.1, 0.15) is 12.8 Å². The van der Waals surface area contributed by atoms with Crippen molar-refractivity contribution in [3.8, 4) is 5.75 Å². The van der Waals surface area contributed by atoms with Gasteiger partial charge >= 0.3 is 0 Å². The van der Waals surface area contributed by atoms with Crippen LogP contribution in [-0.2, 0) is 14.8 Å². The first kappa shape index (κ1) is 18.1. The molecule has 1 aliphatic rings. The van der Waals surface area contributed by atoms with Gasteiger partial charge in [0.2, 0.25) is 10.0 Å². The number of sulfonamides is 1. The van der Waals surface area contributed by atoms with E-state index >= 15 is 0 Å². The summed E-state index contributed by atoms with van der Waals surface area (Å²) in [7, 11) is -0.395. The lowest BCUT2D eigenvalue weighted by Gasteiger charge is -2.31. The average molecular weight is 346 g/mol. The molecule has 1 aromatic carbocycles. The SMILES string of the molecule is CNC1CCN(S(=O)(=O)c2cc(F)ccc2OCCOC)CC1. The molecule has 0 atom stereocenters. The Labute approximate surface area is 136 Å². The van der Waals surface area contributed by atoms with Gasteiger partial charge in [-0.05, 0) is 38.1 Å². The van der Waals surface area contributed by atoms with Gasteiger partial charge in [0.05, 0.1) is 6.61 Å². The van der Waals surface area contributed by atoms with Crippen LogP contribution in [0.3, 0.4) is 0 Å². The third kappa shape index (κ3) is 4.41. The zero-order valence-corrected chi connectivity index (χ0v) is 14.2. The van der Waals surface area contributed by atoms with E-state index < -0.39 is 15.8 Å². The van der Waals surface area contributed by atoms with E-state index in [1.165, 1.54) is 23.5 Å². The first-order chi connectivity index (χ1) is 11.0. The van der Waals surface area contributed by atoms with Crippen LogP contribution in [0.4, 0.5) is 4.39 Å². The summed E-state index contributed by atoms with van der Waals surface area (Å²) < 4.78 is 50.9. The molecule has 1 aromatic rings. The Morgan fingerprint density at radius 2 is 2.00 bits per heavy atom. The van der Waals surface area contributed by atoms with Gasteiger partial charge in [0.15, 0.2) is 0 Å². The molecule has 0 spiro atoms. The Morgan fingerprint density at radius 1 is 1.30 bits per heavy atom. The van der Waals surface area contributed by atoms with E-state index in [1.807, 2.05) is 7.05 Å². The number of halogens is 1. The van der Waals surface area contributed by atoms with Gasteiger partial charge in [0, 0.05) is 26.2 Å². The smallest absolute Gasteiger partial charge is 0.246 e. The molecule has 0 saturated carbocycles. The van der Waals surface area contributed by atoms with Crippen molar-refractivity contribution in [2.45, 2.75) is 23.8 Å². The van der Waals surface area contributed by atoms with Gasteiger partial charge in [-0.1, -0.05) is 0 Å². The fourth-order valence-electron chi connectivity index (χ4n) is 2.56. The first-order valence-corrected chi connectivity index (χ1v) is 9.01. The Hall–Kier alpha value is -1.22. The molecule has 130 valence electrons. The number of nitrogens with one attached hydrogen (secondary N) is 1. The van der Waals surface area contributed by atoms with Gasteiger partial charge in [-0.25, -0.2) is 12.8 Å². The highest BCUT2D eigenvalue weighted by Crippen LogP contribution is 2.29. The number of nitrogens with zero attached hydrogens (tertiary/aromatic N) is 1. The molecule has 0 aromatic heterocycles. The van der Waals surface area contributed by atoms with Crippen molar-refractivity contribution in [3.63, 3.8) is 0 Å². The number of ether oxygens (including phenoxy) is 2. The topological polar surface area (TPSA) is 67.9 Å². The highest BCUT2D eigenvalue weighted by Gasteiger charge is 2.31. The summed E-state index contributed by atoms with van der Waals surface area (Å²) in [6.07, 6.45) is 1.45. The Kier molecular flexibility index (Phi) is 6.34. The predicted molar refractivity (Wildman–Crippen MR) is 84.6 cm³/mol. The molecule has 0 unspecified atom stereocenters. The van der Waals surface area contributed by atoms with Crippen molar-refractivity contribution in [2.75, 3.05) is 40.5 Å². The minimum atomic E-state index is -3.78. The monoisotopic (exact) mass is 346 g/mol. The van der Waals surface area contributed by atoms with Gasteiger partial charge in [-0.3, -0.25) is 0 Å². The second kappa shape index (κ2) is 8.05. The normalized spacial score (nSPS) is 17.3. The molecule has 0 radical (unpaired) electrons. The van der Waals surface area contributed by atoms with E-state index in [-0.39, 0.29) is 17.3 Å².